The Hall–Kier alpha value is -1.26. The van der Waals surface area contributed by atoms with E-state index in [1.54, 1.807) is 12.3 Å². The van der Waals surface area contributed by atoms with E-state index in [-0.39, 0.29) is 0 Å². The Kier molecular flexibility index (Phi) is 4.02. The topological polar surface area (TPSA) is 53.9 Å². The minimum atomic E-state index is 0.437. The predicted octanol–water partition coefficient (Wildman–Crippen LogP) is 2.38. The van der Waals surface area contributed by atoms with Gasteiger partial charge in [0, 0.05) is 18.8 Å². The summed E-state index contributed by atoms with van der Waals surface area (Å²) in [6.45, 7) is 1.64. The lowest BCUT2D eigenvalue weighted by Gasteiger charge is -2.01. The molecule has 0 saturated carbocycles. The quantitative estimate of drug-likeness (QED) is 0.761. The molecule has 2 heterocycles. The molecule has 86 valence electrons. The van der Waals surface area contributed by atoms with Gasteiger partial charge in [-0.2, -0.15) is 0 Å². The maximum atomic E-state index is 5.66. The lowest BCUT2D eigenvalue weighted by atomic mass is 10.3. The second-order valence-electron chi connectivity index (χ2n) is 3.52. The monoisotopic (exact) mass is 239 g/mol. The Morgan fingerprint density at radius 2 is 2.38 bits per heavy atom. The SMILES string of the molecule is Clc1ccc(CNCCCc2ncc[nH]2)o1. The van der Waals surface area contributed by atoms with E-state index in [0.717, 1.165) is 31.0 Å². The number of nitrogens with one attached hydrogen (secondary N) is 2. The summed E-state index contributed by atoms with van der Waals surface area (Å²) >= 11 is 5.66. The molecule has 4 nitrogen and oxygen atoms in total. The van der Waals surface area contributed by atoms with E-state index in [9.17, 15) is 0 Å². The maximum Gasteiger partial charge on any atom is 0.193 e. The molecule has 0 aliphatic rings. The summed E-state index contributed by atoms with van der Waals surface area (Å²) in [5.74, 6) is 1.89. The van der Waals surface area contributed by atoms with Crippen LogP contribution in [-0.2, 0) is 13.0 Å². The summed E-state index contributed by atoms with van der Waals surface area (Å²) in [5.41, 5.74) is 0. The summed E-state index contributed by atoms with van der Waals surface area (Å²) in [7, 11) is 0. The first kappa shape index (κ1) is 11.2. The van der Waals surface area contributed by atoms with Gasteiger partial charge in [0.2, 0.25) is 0 Å². The highest BCUT2D eigenvalue weighted by Crippen LogP contribution is 2.12. The molecule has 2 aromatic heterocycles. The van der Waals surface area contributed by atoms with Crippen molar-refractivity contribution in [3.8, 4) is 0 Å². The minimum absolute atomic E-state index is 0.437. The van der Waals surface area contributed by atoms with E-state index in [1.807, 2.05) is 12.3 Å². The van der Waals surface area contributed by atoms with E-state index in [4.69, 9.17) is 16.0 Å². The zero-order chi connectivity index (χ0) is 11.2. The number of H-pyrrole nitrogens is 1. The molecule has 0 fully saturated rings. The smallest absolute Gasteiger partial charge is 0.193 e. The molecule has 2 N–H and O–H groups in total. The largest absolute Gasteiger partial charge is 0.448 e. The highest BCUT2D eigenvalue weighted by molar-refractivity contribution is 6.28. The van der Waals surface area contributed by atoms with Crippen molar-refractivity contribution in [1.29, 1.82) is 0 Å². The molecule has 0 aromatic carbocycles. The van der Waals surface area contributed by atoms with Crippen molar-refractivity contribution in [2.24, 2.45) is 0 Å². The van der Waals surface area contributed by atoms with E-state index in [0.29, 0.717) is 11.8 Å². The van der Waals surface area contributed by atoms with E-state index in [1.165, 1.54) is 0 Å². The van der Waals surface area contributed by atoms with Crippen molar-refractivity contribution in [2.75, 3.05) is 6.54 Å². The average Bonchev–Trinajstić information content (AvgIpc) is 2.89. The number of rotatable bonds is 6. The van der Waals surface area contributed by atoms with Gasteiger partial charge in [-0.25, -0.2) is 4.98 Å². The molecule has 2 rings (SSSR count). The van der Waals surface area contributed by atoms with Crippen LogP contribution in [0.5, 0.6) is 0 Å². The molecule has 0 amide bonds. The van der Waals surface area contributed by atoms with Crippen LogP contribution < -0.4 is 5.32 Å². The van der Waals surface area contributed by atoms with Crippen LogP contribution in [0.1, 0.15) is 18.0 Å². The highest BCUT2D eigenvalue weighted by atomic mass is 35.5. The van der Waals surface area contributed by atoms with Gasteiger partial charge in [-0.15, -0.1) is 0 Å². The summed E-state index contributed by atoms with van der Waals surface area (Å²) in [6, 6.07) is 3.63. The van der Waals surface area contributed by atoms with Gasteiger partial charge in [0.25, 0.3) is 0 Å². The first-order valence-electron chi connectivity index (χ1n) is 5.28. The summed E-state index contributed by atoms with van der Waals surface area (Å²) in [6.07, 6.45) is 5.61. The molecule has 0 aliphatic carbocycles. The summed E-state index contributed by atoms with van der Waals surface area (Å²) < 4.78 is 5.22. The van der Waals surface area contributed by atoms with Crippen LogP contribution in [0.15, 0.2) is 28.9 Å². The fourth-order valence-electron chi connectivity index (χ4n) is 1.47. The summed E-state index contributed by atoms with van der Waals surface area (Å²) in [4.78, 5) is 7.23. The van der Waals surface area contributed by atoms with Gasteiger partial charge in [0.15, 0.2) is 5.22 Å². The van der Waals surface area contributed by atoms with Crippen molar-refractivity contribution in [3.05, 3.63) is 41.3 Å². The van der Waals surface area contributed by atoms with Crippen LogP contribution in [-0.4, -0.2) is 16.5 Å². The predicted molar refractivity (Wildman–Crippen MR) is 62.3 cm³/mol. The van der Waals surface area contributed by atoms with Gasteiger partial charge in [-0.3, -0.25) is 0 Å². The van der Waals surface area contributed by atoms with Crippen LogP contribution in [0.25, 0.3) is 0 Å². The van der Waals surface area contributed by atoms with Crippen molar-refractivity contribution in [2.45, 2.75) is 19.4 Å². The molecule has 2 aromatic rings. The lowest BCUT2D eigenvalue weighted by Crippen LogP contribution is -2.15. The van der Waals surface area contributed by atoms with Gasteiger partial charge in [-0.1, -0.05) is 0 Å². The zero-order valence-electron chi connectivity index (χ0n) is 8.87. The number of nitrogens with zero attached hydrogens (tertiary/aromatic N) is 1. The molecule has 0 spiro atoms. The van der Waals surface area contributed by atoms with Crippen molar-refractivity contribution < 1.29 is 4.42 Å². The molecule has 0 saturated heterocycles. The van der Waals surface area contributed by atoms with E-state index >= 15 is 0 Å². The molecule has 16 heavy (non-hydrogen) atoms. The number of aryl methyl sites for hydroxylation is 1. The average molecular weight is 240 g/mol. The van der Waals surface area contributed by atoms with Crippen LogP contribution in [0.2, 0.25) is 5.22 Å². The number of aromatic amines is 1. The molecular formula is C11H14ClN3O. The number of imidazole rings is 1. The third-order valence-electron chi connectivity index (χ3n) is 2.25. The molecule has 0 aliphatic heterocycles. The number of hydrogen-bond acceptors (Lipinski definition) is 3. The fraction of sp³-hybridized carbons (Fsp3) is 0.364. The first-order valence-corrected chi connectivity index (χ1v) is 5.65. The van der Waals surface area contributed by atoms with Crippen molar-refractivity contribution in [1.82, 2.24) is 15.3 Å². The van der Waals surface area contributed by atoms with E-state index < -0.39 is 0 Å². The first-order chi connectivity index (χ1) is 7.84. The second kappa shape index (κ2) is 5.72. The molecule has 0 unspecified atom stereocenters. The Balaban J connectivity index is 1.59. The highest BCUT2D eigenvalue weighted by Gasteiger charge is 1.99. The van der Waals surface area contributed by atoms with Crippen LogP contribution in [0.3, 0.4) is 0 Å². The second-order valence-corrected chi connectivity index (χ2v) is 3.89. The Morgan fingerprint density at radius 1 is 1.44 bits per heavy atom. The van der Waals surface area contributed by atoms with Gasteiger partial charge in [-0.05, 0) is 36.7 Å². The molecule has 0 bridgehead atoms. The van der Waals surface area contributed by atoms with Crippen molar-refractivity contribution in [3.63, 3.8) is 0 Å². The molecular weight excluding hydrogens is 226 g/mol. The standard InChI is InChI=1S/C11H14ClN3O/c12-10-4-3-9(16-10)8-13-5-1-2-11-14-6-7-15-11/h3-4,6-7,13H,1-2,5,8H2,(H,14,15). The Labute approximate surface area is 99.0 Å². The minimum Gasteiger partial charge on any atom is -0.448 e. The molecule has 0 atom stereocenters. The fourth-order valence-corrected chi connectivity index (χ4v) is 1.64. The normalized spacial score (nSPS) is 10.8. The van der Waals surface area contributed by atoms with Gasteiger partial charge < -0.3 is 14.7 Å². The third-order valence-corrected chi connectivity index (χ3v) is 2.45. The van der Waals surface area contributed by atoms with Crippen LogP contribution in [0.4, 0.5) is 0 Å². The number of aromatic nitrogens is 2. The van der Waals surface area contributed by atoms with Crippen LogP contribution in [0, 0.1) is 0 Å². The molecule has 0 radical (unpaired) electrons. The Bertz CT molecular complexity index is 411. The summed E-state index contributed by atoms with van der Waals surface area (Å²) in [5, 5.41) is 3.72. The third kappa shape index (κ3) is 3.40. The number of hydrogen-bond donors (Lipinski definition) is 2. The number of furan rings is 1. The lowest BCUT2D eigenvalue weighted by molar-refractivity contribution is 0.482. The Morgan fingerprint density at radius 3 is 3.06 bits per heavy atom. The van der Waals surface area contributed by atoms with Gasteiger partial charge >= 0.3 is 0 Å². The zero-order valence-corrected chi connectivity index (χ0v) is 9.63. The van der Waals surface area contributed by atoms with Gasteiger partial charge in [0.1, 0.15) is 11.6 Å². The maximum absolute atomic E-state index is 5.66. The van der Waals surface area contributed by atoms with Gasteiger partial charge in [0.05, 0.1) is 6.54 Å². The van der Waals surface area contributed by atoms with E-state index in [2.05, 4.69) is 15.3 Å². The van der Waals surface area contributed by atoms with Crippen LogP contribution >= 0.6 is 11.6 Å². The van der Waals surface area contributed by atoms with Crippen molar-refractivity contribution >= 4 is 11.6 Å². The number of halogens is 1. The molecule has 5 heteroatoms.